The van der Waals surface area contributed by atoms with Crippen LogP contribution in [0.2, 0.25) is 0 Å². The van der Waals surface area contributed by atoms with E-state index in [1.165, 1.54) is 0 Å². The molecule has 0 aliphatic heterocycles. The molecular weight excluding hydrogens is 352 g/mol. The quantitative estimate of drug-likeness (QED) is 0.637. The maximum absolute atomic E-state index is 10.6. The third-order valence-electron chi connectivity index (χ3n) is 5.22. The van der Waals surface area contributed by atoms with Gasteiger partial charge in [-0.1, -0.05) is 36.4 Å². The van der Waals surface area contributed by atoms with Crippen LogP contribution in [-0.2, 0) is 11.8 Å². The fourth-order valence-corrected chi connectivity index (χ4v) is 3.52. The highest BCUT2D eigenvalue weighted by molar-refractivity contribution is 5.45. The van der Waals surface area contributed by atoms with Crippen molar-refractivity contribution in [2.24, 2.45) is 0 Å². The largest absolute Gasteiger partial charge is 0.497 e. The smallest absolute Gasteiger partial charge is 0.118 e. The van der Waals surface area contributed by atoms with E-state index in [4.69, 9.17) is 14.2 Å². The van der Waals surface area contributed by atoms with Crippen molar-refractivity contribution in [1.82, 2.24) is 0 Å². The number of methoxy groups -OCH3 is 3. The van der Waals surface area contributed by atoms with Crippen LogP contribution in [-0.4, -0.2) is 33.0 Å². The first kappa shape index (κ1) is 19.8. The van der Waals surface area contributed by atoms with Gasteiger partial charge in [0.15, 0.2) is 0 Å². The summed E-state index contributed by atoms with van der Waals surface area (Å²) in [6.45, 7) is -0.0301. The maximum atomic E-state index is 10.6. The molecule has 0 spiro atoms. The van der Waals surface area contributed by atoms with Crippen molar-refractivity contribution >= 4 is 0 Å². The molecule has 0 amide bonds. The Kier molecular flexibility index (Phi) is 6.22. The number of aliphatic hydroxyl groups excluding tert-OH is 1. The molecule has 3 aromatic carbocycles. The number of hydrogen-bond donors (Lipinski definition) is 1. The van der Waals surface area contributed by atoms with Gasteiger partial charge in [0, 0.05) is 5.41 Å². The normalized spacial score (nSPS) is 11.1. The van der Waals surface area contributed by atoms with Crippen LogP contribution in [0.3, 0.4) is 0 Å². The van der Waals surface area contributed by atoms with Gasteiger partial charge in [-0.25, -0.2) is 0 Å². The van der Waals surface area contributed by atoms with E-state index in [9.17, 15) is 5.11 Å². The lowest BCUT2D eigenvalue weighted by molar-refractivity contribution is 0.218. The fraction of sp³-hybridized carbons (Fsp3) is 0.250. The van der Waals surface area contributed by atoms with Gasteiger partial charge in [-0.2, -0.15) is 0 Å². The Morgan fingerprint density at radius 2 is 0.964 bits per heavy atom. The Labute approximate surface area is 166 Å². The van der Waals surface area contributed by atoms with Crippen LogP contribution in [0.15, 0.2) is 72.8 Å². The summed E-state index contributed by atoms with van der Waals surface area (Å²) in [5, 5.41) is 10.6. The van der Waals surface area contributed by atoms with Gasteiger partial charge in [-0.15, -0.1) is 0 Å². The van der Waals surface area contributed by atoms with Crippen molar-refractivity contribution in [2.45, 2.75) is 11.8 Å². The monoisotopic (exact) mass is 378 g/mol. The molecule has 146 valence electrons. The van der Waals surface area contributed by atoms with E-state index < -0.39 is 5.41 Å². The maximum Gasteiger partial charge on any atom is 0.118 e. The standard InChI is InChI=1S/C24H26O4/c1-26-21-10-4-18(5-11-21)16-24(17-25,19-6-12-22(27-2)13-7-19)20-8-14-23(28-3)15-9-20/h4-15,25H,16-17H2,1-3H3. The minimum atomic E-state index is -0.590. The molecule has 0 radical (unpaired) electrons. The molecule has 0 bridgehead atoms. The third kappa shape index (κ3) is 3.97. The summed E-state index contributed by atoms with van der Waals surface area (Å²) in [6.07, 6.45) is 0.645. The summed E-state index contributed by atoms with van der Waals surface area (Å²) in [4.78, 5) is 0. The third-order valence-corrected chi connectivity index (χ3v) is 5.22. The minimum Gasteiger partial charge on any atom is -0.497 e. The molecule has 0 aliphatic carbocycles. The average molecular weight is 378 g/mol. The molecule has 0 unspecified atom stereocenters. The summed E-state index contributed by atoms with van der Waals surface area (Å²) in [6, 6.07) is 23.7. The number of aliphatic hydroxyl groups is 1. The Bertz CT molecular complexity index is 820. The van der Waals surface area contributed by atoms with E-state index in [2.05, 4.69) is 0 Å². The van der Waals surface area contributed by atoms with Gasteiger partial charge in [-0.05, 0) is 59.5 Å². The van der Waals surface area contributed by atoms with Crippen LogP contribution in [0.25, 0.3) is 0 Å². The zero-order valence-corrected chi connectivity index (χ0v) is 16.5. The fourth-order valence-electron chi connectivity index (χ4n) is 3.52. The average Bonchev–Trinajstić information content (AvgIpc) is 2.78. The van der Waals surface area contributed by atoms with Crippen LogP contribution >= 0.6 is 0 Å². The molecule has 0 aromatic heterocycles. The zero-order chi connectivity index (χ0) is 20.0. The van der Waals surface area contributed by atoms with E-state index >= 15 is 0 Å². The zero-order valence-electron chi connectivity index (χ0n) is 16.5. The topological polar surface area (TPSA) is 47.9 Å². The summed E-state index contributed by atoms with van der Waals surface area (Å²) in [5.74, 6) is 2.39. The molecule has 0 atom stereocenters. The van der Waals surface area contributed by atoms with Gasteiger partial charge < -0.3 is 19.3 Å². The first-order valence-electron chi connectivity index (χ1n) is 9.18. The van der Waals surface area contributed by atoms with Crippen LogP contribution in [0, 0.1) is 0 Å². The highest BCUT2D eigenvalue weighted by Crippen LogP contribution is 2.37. The second kappa shape index (κ2) is 8.81. The van der Waals surface area contributed by atoms with Crippen molar-refractivity contribution in [3.8, 4) is 17.2 Å². The molecule has 4 nitrogen and oxygen atoms in total. The van der Waals surface area contributed by atoms with Gasteiger partial charge in [0.05, 0.1) is 27.9 Å². The number of hydrogen-bond acceptors (Lipinski definition) is 4. The molecule has 0 fully saturated rings. The predicted octanol–water partition coefficient (Wildman–Crippen LogP) is 4.23. The highest BCUT2D eigenvalue weighted by atomic mass is 16.5. The Morgan fingerprint density at radius 1 is 0.607 bits per heavy atom. The van der Waals surface area contributed by atoms with Crippen LogP contribution < -0.4 is 14.2 Å². The molecule has 0 saturated heterocycles. The Hall–Kier alpha value is -2.98. The van der Waals surface area contributed by atoms with E-state index in [0.29, 0.717) is 6.42 Å². The second-order valence-electron chi connectivity index (χ2n) is 6.72. The number of ether oxygens (including phenoxy) is 3. The highest BCUT2D eigenvalue weighted by Gasteiger charge is 2.34. The van der Waals surface area contributed by atoms with Gasteiger partial charge in [0.25, 0.3) is 0 Å². The predicted molar refractivity (Wildman–Crippen MR) is 111 cm³/mol. The lowest BCUT2D eigenvalue weighted by Gasteiger charge is -2.34. The van der Waals surface area contributed by atoms with Crippen molar-refractivity contribution in [3.63, 3.8) is 0 Å². The van der Waals surface area contributed by atoms with Crippen molar-refractivity contribution in [3.05, 3.63) is 89.5 Å². The lowest BCUT2D eigenvalue weighted by atomic mass is 9.71. The van der Waals surface area contributed by atoms with Gasteiger partial charge in [0.1, 0.15) is 17.2 Å². The first-order chi connectivity index (χ1) is 13.6. The van der Waals surface area contributed by atoms with Crippen LogP contribution in [0.1, 0.15) is 16.7 Å². The van der Waals surface area contributed by atoms with Crippen LogP contribution in [0.4, 0.5) is 0 Å². The molecule has 28 heavy (non-hydrogen) atoms. The molecule has 0 saturated carbocycles. The van der Waals surface area contributed by atoms with Crippen molar-refractivity contribution in [1.29, 1.82) is 0 Å². The number of benzene rings is 3. The second-order valence-corrected chi connectivity index (χ2v) is 6.72. The SMILES string of the molecule is COc1ccc(CC(CO)(c2ccc(OC)cc2)c2ccc(OC)cc2)cc1. The summed E-state index contributed by atoms with van der Waals surface area (Å²) in [7, 11) is 4.95. The van der Waals surface area contributed by atoms with Crippen molar-refractivity contribution < 1.29 is 19.3 Å². The summed E-state index contributed by atoms with van der Waals surface area (Å²) >= 11 is 0. The van der Waals surface area contributed by atoms with E-state index in [1.54, 1.807) is 21.3 Å². The Balaban J connectivity index is 2.08. The van der Waals surface area contributed by atoms with Gasteiger partial charge in [0.2, 0.25) is 0 Å². The molecular formula is C24H26O4. The summed E-state index contributed by atoms with van der Waals surface area (Å²) in [5.41, 5.74) is 2.57. The van der Waals surface area contributed by atoms with Gasteiger partial charge in [-0.3, -0.25) is 0 Å². The Morgan fingerprint density at radius 3 is 1.29 bits per heavy atom. The summed E-state index contributed by atoms with van der Waals surface area (Å²) < 4.78 is 15.9. The van der Waals surface area contributed by atoms with E-state index in [1.807, 2.05) is 72.8 Å². The molecule has 0 aliphatic rings. The van der Waals surface area contributed by atoms with Crippen LogP contribution in [0.5, 0.6) is 17.2 Å². The number of rotatable bonds is 8. The van der Waals surface area contributed by atoms with Crippen molar-refractivity contribution in [2.75, 3.05) is 27.9 Å². The first-order valence-corrected chi connectivity index (χ1v) is 9.18. The molecule has 1 N–H and O–H groups in total. The van der Waals surface area contributed by atoms with E-state index in [-0.39, 0.29) is 6.61 Å². The minimum absolute atomic E-state index is 0.0301. The molecule has 3 rings (SSSR count). The lowest BCUT2D eigenvalue weighted by Crippen LogP contribution is -2.34. The molecule has 3 aromatic rings. The van der Waals surface area contributed by atoms with E-state index in [0.717, 1.165) is 33.9 Å². The van der Waals surface area contributed by atoms with Gasteiger partial charge >= 0.3 is 0 Å². The molecule has 4 heteroatoms. The molecule has 0 heterocycles.